The lowest BCUT2D eigenvalue weighted by atomic mass is 10.1. The van der Waals surface area contributed by atoms with Gasteiger partial charge in [0.05, 0.1) is 11.0 Å². The Morgan fingerprint density at radius 1 is 1.50 bits per heavy atom. The third-order valence-electron chi connectivity index (χ3n) is 2.59. The fourth-order valence-electron chi connectivity index (χ4n) is 1.59. The first-order valence-corrected chi connectivity index (χ1v) is 7.52. The molecule has 0 saturated carbocycles. The van der Waals surface area contributed by atoms with Gasteiger partial charge in [-0.1, -0.05) is 0 Å². The maximum absolute atomic E-state index is 11.7. The molecule has 0 fully saturated rings. The Morgan fingerprint density at radius 2 is 2.33 bits per heavy atom. The van der Waals surface area contributed by atoms with Crippen LogP contribution in [-0.2, 0) is 0 Å². The summed E-state index contributed by atoms with van der Waals surface area (Å²) >= 11 is 3.00. The van der Waals surface area contributed by atoms with E-state index in [4.69, 9.17) is 0 Å². The quantitative estimate of drug-likeness (QED) is 0.885. The molecule has 2 N–H and O–H groups in total. The number of aliphatic hydroxyl groups is 1. The van der Waals surface area contributed by atoms with Crippen LogP contribution in [0.1, 0.15) is 33.3 Å². The Labute approximate surface area is 114 Å². The minimum absolute atomic E-state index is 0.0642. The summed E-state index contributed by atoms with van der Waals surface area (Å²) in [5.74, 6) is -0.0642. The second-order valence-electron chi connectivity index (χ2n) is 4.11. The molecule has 1 atom stereocenters. The van der Waals surface area contributed by atoms with E-state index >= 15 is 0 Å². The van der Waals surface area contributed by atoms with Gasteiger partial charge in [-0.3, -0.25) is 4.79 Å². The van der Waals surface area contributed by atoms with E-state index < -0.39 is 6.10 Å². The number of rotatable bonds is 5. The number of amides is 1. The van der Waals surface area contributed by atoms with Gasteiger partial charge < -0.3 is 10.4 Å². The normalized spacial score (nSPS) is 12.3. The van der Waals surface area contributed by atoms with E-state index in [1.165, 1.54) is 11.3 Å². The molecule has 0 saturated heterocycles. The number of hydrogen-bond acceptors (Lipinski definition) is 4. The predicted molar refractivity (Wildman–Crippen MR) is 75.3 cm³/mol. The molecule has 2 rings (SSSR count). The van der Waals surface area contributed by atoms with Gasteiger partial charge in [0.25, 0.3) is 5.91 Å². The van der Waals surface area contributed by atoms with Crippen LogP contribution >= 0.6 is 22.7 Å². The largest absolute Gasteiger partial charge is 0.388 e. The van der Waals surface area contributed by atoms with E-state index in [0.717, 1.165) is 16.0 Å². The van der Waals surface area contributed by atoms with Crippen molar-refractivity contribution in [3.05, 3.63) is 44.3 Å². The summed E-state index contributed by atoms with van der Waals surface area (Å²) < 4.78 is 0. The molecule has 2 aromatic rings. The fraction of sp³-hybridized carbons (Fsp3) is 0.308. The summed E-state index contributed by atoms with van der Waals surface area (Å²) in [5.41, 5.74) is 2.02. The number of carbonyl (C=O) groups excluding carboxylic acids is 1. The van der Waals surface area contributed by atoms with Crippen molar-refractivity contribution in [2.24, 2.45) is 0 Å². The highest BCUT2D eigenvalue weighted by Gasteiger charge is 2.10. The third kappa shape index (κ3) is 3.41. The van der Waals surface area contributed by atoms with Crippen LogP contribution in [0.15, 0.2) is 28.3 Å². The van der Waals surface area contributed by atoms with Gasteiger partial charge in [-0.25, -0.2) is 0 Å². The van der Waals surface area contributed by atoms with E-state index in [9.17, 15) is 9.90 Å². The molecule has 5 heteroatoms. The van der Waals surface area contributed by atoms with Gasteiger partial charge in [0.1, 0.15) is 0 Å². The zero-order chi connectivity index (χ0) is 13.0. The monoisotopic (exact) mass is 281 g/mol. The topological polar surface area (TPSA) is 49.3 Å². The minimum atomic E-state index is -0.498. The number of thiophene rings is 2. The number of aryl methyl sites for hydroxylation is 1. The summed E-state index contributed by atoms with van der Waals surface area (Å²) in [6, 6.07) is 3.77. The first-order valence-electron chi connectivity index (χ1n) is 5.70. The van der Waals surface area contributed by atoms with Crippen LogP contribution < -0.4 is 5.32 Å². The molecule has 18 heavy (non-hydrogen) atoms. The number of nitrogens with one attached hydrogen (secondary N) is 1. The van der Waals surface area contributed by atoms with Crippen molar-refractivity contribution in [2.45, 2.75) is 19.4 Å². The smallest absolute Gasteiger partial charge is 0.261 e. The molecule has 3 nitrogen and oxygen atoms in total. The summed E-state index contributed by atoms with van der Waals surface area (Å²) in [4.78, 5) is 12.5. The van der Waals surface area contributed by atoms with Crippen LogP contribution in [0.2, 0.25) is 0 Å². The lowest BCUT2D eigenvalue weighted by molar-refractivity contribution is 0.0946. The Hall–Kier alpha value is -1.17. The summed E-state index contributed by atoms with van der Waals surface area (Å²) in [6.45, 7) is 2.44. The minimum Gasteiger partial charge on any atom is -0.388 e. The highest BCUT2D eigenvalue weighted by atomic mass is 32.1. The van der Waals surface area contributed by atoms with E-state index in [1.807, 2.05) is 35.2 Å². The van der Waals surface area contributed by atoms with Gasteiger partial charge in [0.2, 0.25) is 0 Å². The third-order valence-corrected chi connectivity index (χ3v) is 4.33. The number of carbonyl (C=O) groups is 1. The maximum atomic E-state index is 11.7. The van der Waals surface area contributed by atoms with Crippen molar-refractivity contribution in [1.29, 1.82) is 0 Å². The van der Waals surface area contributed by atoms with Crippen LogP contribution in [0.4, 0.5) is 0 Å². The Morgan fingerprint density at radius 3 is 2.94 bits per heavy atom. The van der Waals surface area contributed by atoms with Crippen LogP contribution in [0.25, 0.3) is 0 Å². The second kappa shape index (κ2) is 6.13. The number of aliphatic hydroxyl groups excluding tert-OH is 1. The van der Waals surface area contributed by atoms with Gasteiger partial charge >= 0.3 is 0 Å². The lowest BCUT2D eigenvalue weighted by Gasteiger charge is -2.09. The zero-order valence-corrected chi connectivity index (χ0v) is 11.7. The summed E-state index contributed by atoms with van der Waals surface area (Å²) in [7, 11) is 0. The molecule has 0 aliphatic rings. The molecule has 0 aliphatic heterocycles. The fourth-order valence-corrected chi connectivity index (χ4v) is 3.11. The summed E-state index contributed by atoms with van der Waals surface area (Å²) in [5, 5.41) is 18.5. The van der Waals surface area contributed by atoms with Crippen molar-refractivity contribution >= 4 is 28.6 Å². The molecular formula is C13H15NO2S2. The highest BCUT2D eigenvalue weighted by Crippen LogP contribution is 2.19. The number of hydrogen-bond donors (Lipinski definition) is 2. The van der Waals surface area contributed by atoms with Crippen LogP contribution in [0.3, 0.4) is 0 Å². The molecular weight excluding hydrogens is 266 g/mol. The first kappa shape index (κ1) is 13.3. The molecule has 2 aromatic heterocycles. The average molecular weight is 281 g/mol. The van der Waals surface area contributed by atoms with Crippen LogP contribution in [0.5, 0.6) is 0 Å². The van der Waals surface area contributed by atoms with Crippen LogP contribution in [-0.4, -0.2) is 17.6 Å². The maximum Gasteiger partial charge on any atom is 0.261 e. The van der Waals surface area contributed by atoms with E-state index in [1.54, 1.807) is 11.3 Å². The molecule has 0 bridgehead atoms. The molecule has 1 unspecified atom stereocenters. The van der Waals surface area contributed by atoms with Crippen molar-refractivity contribution in [1.82, 2.24) is 5.32 Å². The summed E-state index contributed by atoms with van der Waals surface area (Å²) in [6.07, 6.45) is 0.0361. The Bertz CT molecular complexity index is 505. The molecule has 96 valence electrons. The van der Waals surface area contributed by atoms with Crippen molar-refractivity contribution in [2.75, 3.05) is 6.54 Å². The molecule has 0 radical (unpaired) electrons. The van der Waals surface area contributed by atoms with E-state index in [0.29, 0.717) is 13.0 Å². The van der Waals surface area contributed by atoms with Crippen molar-refractivity contribution in [3.8, 4) is 0 Å². The molecule has 0 aliphatic carbocycles. The second-order valence-corrected chi connectivity index (χ2v) is 5.80. The van der Waals surface area contributed by atoms with E-state index in [2.05, 4.69) is 5.32 Å². The van der Waals surface area contributed by atoms with Gasteiger partial charge in [-0.2, -0.15) is 11.3 Å². The molecule has 0 spiro atoms. The SMILES string of the molecule is Cc1csc(C(=O)NCCC(O)c2ccsc2)c1. The van der Waals surface area contributed by atoms with Gasteiger partial charge in [0, 0.05) is 6.54 Å². The van der Waals surface area contributed by atoms with Crippen molar-refractivity contribution in [3.63, 3.8) is 0 Å². The lowest BCUT2D eigenvalue weighted by Crippen LogP contribution is -2.24. The van der Waals surface area contributed by atoms with Crippen LogP contribution in [0, 0.1) is 6.92 Å². The van der Waals surface area contributed by atoms with Crippen molar-refractivity contribution < 1.29 is 9.90 Å². The molecule has 1 amide bonds. The predicted octanol–water partition coefficient (Wildman–Crippen LogP) is 2.97. The van der Waals surface area contributed by atoms with E-state index in [-0.39, 0.29) is 5.91 Å². The van der Waals surface area contributed by atoms with Gasteiger partial charge in [-0.05, 0) is 52.7 Å². The standard InChI is InChI=1S/C13H15NO2S2/c1-9-6-12(18-7-9)13(16)14-4-2-11(15)10-3-5-17-8-10/h3,5-8,11,15H,2,4H2,1H3,(H,14,16). The van der Waals surface area contributed by atoms with Gasteiger partial charge in [-0.15, -0.1) is 11.3 Å². The Balaban J connectivity index is 1.77. The molecule has 0 aromatic carbocycles. The van der Waals surface area contributed by atoms with Gasteiger partial charge in [0.15, 0.2) is 0 Å². The Kier molecular flexibility index (Phi) is 4.52. The highest BCUT2D eigenvalue weighted by molar-refractivity contribution is 7.12. The molecule has 2 heterocycles. The zero-order valence-electron chi connectivity index (χ0n) is 10.1. The average Bonchev–Trinajstić information content (AvgIpc) is 2.99. The first-order chi connectivity index (χ1) is 8.66.